The van der Waals surface area contributed by atoms with Crippen molar-refractivity contribution < 1.29 is 14.3 Å². The molecule has 0 saturated heterocycles. The minimum atomic E-state index is -0.313. The number of ether oxygens (including phenoxy) is 2. The summed E-state index contributed by atoms with van der Waals surface area (Å²) in [6, 6.07) is 11.9. The molecule has 0 amide bonds. The van der Waals surface area contributed by atoms with Crippen LogP contribution in [0, 0.1) is 0 Å². The average Bonchev–Trinajstić information content (AvgIpc) is 2.94. The van der Waals surface area contributed by atoms with Crippen molar-refractivity contribution in [3.05, 3.63) is 47.4 Å². The van der Waals surface area contributed by atoms with Crippen LogP contribution in [0.15, 0.2) is 42.5 Å². The molecule has 0 unspecified atom stereocenters. The van der Waals surface area contributed by atoms with Crippen molar-refractivity contribution in [2.45, 2.75) is 6.92 Å². The number of hydrogen-bond donors (Lipinski definition) is 0. The Morgan fingerprint density at radius 3 is 2.60 bits per heavy atom. The fourth-order valence-corrected chi connectivity index (χ4v) is 2.61. The van der Waals surface area contributed by atoms with E-state index < -0.39 is 0 Å². The largest absolute Gasteiger partial charge is 0.497 e. The van der Waals surface area contributed by atoms with Gasteiger partial charge in [0.25, 0.3) is 0 Å². The van der Waals surface area contributed by atoms with Gasteiger partial charge in [-0.2, -0.15) is 0 Å². The molecule has 0 aliphatic rings. The van der Waals surface area contributed by atoms with E-state index in [1.54, 1.807) is 31.4 Å². The summed E-state index contributed by atoms with van der Waals surface area (Å²) in [6.07, 6.45) is 3.23. The lowest BCUT2D eigenvalue weighted by Crippen LogP contribution is -1.98. The number of methoxy groups -OCH3 is 1. The summed E-state index contributed by atoms with van der Waals surface area (Å²) in [7, 11) is 1.65. The third-order valence-electron chi connectivity index (χ3n) is 2.67. The highest BCUT2D eigenvalue weighted by molar-refractivity contribution is 7.16. The van der Waals surface area contributed by atoms with E-state index in [1.807, 2.05) is 36.4 Å². The van der Waals surface area contributed by atoms with Gasteiger partial charge in [0.2, 0.25) is 0 Å². The molecule has 0 spiro atoms. The van der Waals surface area contributed by atoms with Gasteiger partial charge in [0.1, 0.15) is 5.75 Å². The molecular weight excluding hydrogens is 272 g/mol. The minimum Gasteiger partial charge on any atom is -0.497 e. The lowest BCUT2D eigenvalue weighted by atomic mass is 10.2. The van der Waals surface area contributed by atoms with Crippen LogP contribution in [0.1, 0.15) is 11.8 Å². The molecule has 20 heavy (non-hydrogen) atoms. The van der Waals surface area contributed by atoms with Crippen molar-refractivity contribution >= 4 is 23.4 Å². The molecule has 0 bridgehead atoms. The molecule has 3 nitrogen and oxygen atoms in total. The zero-order chi connectivity index (χ0) is 14.4. The van der Waals surface area contributed by atoms with Crippen molar-refractivity contribution in [3.63, 3.8) is 0 Å². The SMILES string of the molecule is CCOC(=O)/C=C/c1ccc(-c2ccc(OC)cc2)s1. The zero-order valence-electron chi connectivity index (χ0n) is 11.5. The number of esters is 1. The van der Waals surface area contributed by atoms with E-state index in [-0.39, 0.29) is 5.97 Å². The van der Waals surface area contributed by atoms with Crippen LogP contribution in [0.2, 0.25) is 0 Å². The van der Waals surface area contributed by atoms with Crippen molar-refractivity contribution in [2.75, 3.05) is 13.7 Å². The Morgan fingerprint density at radius 2 is 1.95 bits per heavy atom. The van der Waals surface area contributed by atoms with Gasteiger partial charge < -0.3 is 9.47 Å². The summed E-state index contributed by atoms with van der Waals surface area (Å²) < 4.78 is 9.98. The maximum Gasteiger partial charge on any atom is 0.330 e. The summed E-state index contributed by atoms with van der Waals surface area (Å²) >= 11 is 1.62. The number of thiophene rings is 1. The predicted molar refractivity (Wildman–Crippen MR) is 82.0 cm³/mol. The van der Waals surface area contributed by atoms with Crippen LogP contribution in [-0.2, 0) is 9.53 Å². The minimum absolute atomic E-state index is 0.313. The van der Waals surface area contributed by atoms with Crippen molar-refractivity contribution in [3.8, 4) is 16.2 Å². The van der Waals surface area contributed by atoms with Crippen LogP contribution in [0.3, 0.4) is 0 Å². The van der Waals surface area contributed by atoms with Crippen LogP contribution in [0.25, 0.3) is 16.5 Å². The maximum atomic E-state index is 11.2. The molecule has 1 aromatic carbocycles. The van der Waals surface area contributed by atoms with E-state index in [0.717, 1.165) is 21.1 Å². The van der Waals surface area contributed by atoms with E-state index in [4.69, 9.17) is 9.47 Å². The molecule has 0 N–H and O–H groups in total. The molecule has 0 saturated carbocycles. The lowest BCUT2D eigenvalue weighted by Gasteiger charge is -2.00. The maximum absolute atomic E-state index is 11.2. The van der Waals surface area contributed by atoms with E-state index in [9.17, 15) is 4.79 Å². The second kappa shape index (κ2) is 6.91. The second-order valence-corrected chi connectivity index (χ2v) is 5.13. The first kappa shape index (κ1) is 14.3. The van der Waals surface area contributed by atoms with E-state index in [2.05, 4.69) is 0 Å². The Kier molecular flexibility index (Phi) is 4.96. The number of carbonyl (C=O) groups excluding carboxylic acids is 1. The molecule has 2 aromatic rings. The van der Waals surface area contributed by atoms with Crippen molar-refractivity contribution in [2.24, 2.45) is 0 Å². The molecule has 104 valence electrons. The fourth-order valence-electron chi connectivity index (χ4n) is 1.69. The van der Waals surface area contributed by atoms with Gasteiger partial charge in [-0.3, -0.25) is 0 Å². The summed E-state index contributed by atoms with van der Waals surface area (Å²) in [5, 5.41) is 0. The molecule has 1 heterocycles. The molecule has 0 aliphatic heterocycles. The fraction of sp³-hybridized carbons (Fsp3) is 0.188. The molecule has 2 rings (SSSR count). The molecule has 0 atom stereocenters. The molecule has 0 radical (unpaired) electrons. The van der Waals surface area contributed by atoms with Gasteiger partial charge in [0.15, 0.2) is 0 Å². The van der Waals surface area contributed by atoms with Gasteiger partial charge in [-0.25, -0.2) is 4.79 Å². The first-order valence-electron chi connectivity index (χ1n) is 6.32. The van der Waals surface area contributed by atoms with Crippen LogP contribution < -0.4 is 4.74 Å². The molecule has 4 heteroatoms. The van der Waals surface area contributed by atoms with Gasteiger partial charge in [0, 0.05) is 15.8 Å². The number of carbonyl (C=O) groups is 1. The molecule has 0 aliphatic carbocycles. The quantitative estimate of drug-likeness (QED) is 0.616. The third kappa shape index (κ3) is 3.71. The summed E-state index contributed by atoms with van der Waals surface area (Å²) in [5.74, 6) is 0.527. The number of benzene rings is 1. The van der Waals surface area contributed by atoms with Gasteiger partial charge >= 0.3 is 5.97 Å². The highest BCUT2D eigenvalue weighted by atomic mass is 32.1. The zero-order valence-corrected chi connectivity index (χ0v) is 12.3. The third-order valence-corrected chi connectivity index (χ3v) is 3.77. The summed E-state index contributed by atoms with van der Waals surface area (Å²) in [4.78, 5) is 13.4. The average molecular weight is 288 g/mol. The normalized spacial score (nSPS) is 10.7. The Labute approximate surface area is 122 Å². The highest BCUT2D eigenvalue weighted by Crippen LogP contribution is 2.30. The topological polar surface area (TPSA) is 35.5 Å². The van der Waals surface area contributed by atoms with Crippen LogP contribution >= 0.6 is 11.3 Å². The van der Waals surface area contributed by atoms with Gasteiger partial charge in [-0.15, -0.1) is 11.3 Å². The highest BCUT2D eigenvalue weighted by Gasteiger charge is 2.02. The summed E-state index contributed by atoms with van der Waals surface area (Å²) in [6.45, 7) is 2.18. The number of rotatable bonds is 5. The van der Waals surface area contributed by atoms with Crippen molar-refractivity contribution in [1.29, 1.82) is 0 Å². The van der Waals surface area contributed by atoms with Crippen LogP contribution in [-0.4, -0.2) is 19.7 Å². The van der Waals surface area contributed by atoms with Crippen molar-refractivity contribution in [1.82, 2.24) is 0 Å². The van der Waals surface area contributed by atoms with Crippen LogP contribution in [0.5, 0.6) is 5.75 Å². The first-order chi connectivity index (χ1) is 9.72. The molecule has 1 aromatic heterocycles. The Hall–Kier alpha value is -2.07. The van der Waals surface area contributed by atoms with Gasteiger partial charge in [0.05, 0.1) is 13.7 Å². The summed E-state index contributed by atoms with van der Waals surface area (Å²) in [5.41, 5.74) is 1.13. The standard InChI is InChI=1S/C16H16O3S/c1-3-19-16(17)11-9-14-8-10-15(20-14)12-4-6-13(18-2)7-5-12/h4-11H,3H2,1-2H3/b11-9+. The molecular formula is C16H16O3S. The van der Waals surface area contributed by atoms with E-state index in [1.165, 1.54) is 6.08 Å². The van der Waals surface area contributed by atoms with Crippen LogP contribution in [0.4, 0.5) is 0 Å². The smallest absolute Gasteiger partial charge is 0.330 e. The Morgan fingerprint density at radius 1 is 1.20 bits per heavy atom. The van der Waals surface area contributed by atoms with E-state index >= 15 is 0 Å². The monoisotopic (exact) mass is 288 g/mol. The molecule has 0 fully saturated rings. The van der Waals surface area contributed by atoms with Gasteiger partial charge in [-0.1, -0.05) is 0 Å². The number of hydrogen-bond acceptors (Lipinski definition) is 4. The Bertz CT molecular complexity index is 596. The first-order valence-corrected chi connectivity index (χ1v) is 7.13. The predicted octanol–water partition coefficient (Wildman–Crippen LogP) is 4.00. The lowest BCUT2D eigenvalue weighted by molar-refractivity contribution is -0.137. The van der Waals surface area contributed by atoms with E-state index in [0.29, 0.717) is 6.61 Å². The Balaban J connectivity index is 2.09. The second-order valence-electron chi connectivity index (χ2n) is 4.02. The van der Waals surface area contributed by atoms with Gasteiger partial charge in [-0.05, 0) is 55.0 Å².